The number of hydrogen-bond donors (Lipinski definition) is 3. The van der Waals surface area contributed by atoms with E-state index in [9.17, 15) is 22.8 Å². The maximum Gasteiger partial charge on any atom is 0.405 e. The van der Waals surface area contributed by atoms with E-state index in [-0.39, 0.29) is 28.4 Å². The highest BCUT2D eigenvalue weighted by Crippen LogP contribution is 2.44. The van der Waals surface area contributed by atoms with Crippen molar-refractivity contribution in [3.8, 4) is 34.2 Å². The second-order valence-electron chi connectivity index (χ2n) is 13.2. The normalized spacial score (nSPS) is 17.1. The van der Waals surface area contributed by atoms with Crippen molar-refractivity contribution in [2.45, 2.75) is 31.5 Å². The minimum absolute atomic E-state index is 0.0380. The lowest BCUT2D eigenvalue weighted by Gasteiger charge is -2.14. The third-order valence-corrected chi connectivity index (χ3v) is 9.82. The molecule has 2 amide bonds. The Morgan fingerprint density at radius 1 is 1.08 bits per heavy atom. The van der Waals surface area contributed by atoms with Crippen LogP contribution in [0.4, 0.5) is 24.7 Å². The number of rotatable bonds is 8. The number of ether oxygens (including phenoxy) is 1. The van der Waals surface area contributed by atoms with Crippen molar-refractivity contribution in [2.75, 3.05) is 64.0 Å². The molecule has 2 aliphatic heterocycles. The zero-order valence-electron chi connectivity index (χ0n) is 29.5. The fourth-order valence-corrected chi connectivity index (χ4v) is 7.09. The lowest BCUT2D eigenvalue weighted by atomic mass is 9.96. The van der Waals surface area contributed by atoms with Crippen LogP contribution in [-0.2, 0) is 16.6 Å². The Kier molecular flexibility index (Phi) is 11.7. The number of carbonyl (C=O) groups excluding carboxylic acids is 2. The van der Waals surface area contributed by atoms with Crippen LogP contribution in [0.25, 0.3) is 33.3 Å². The predicted octanol–water partition coefficient (Wildman–Crippen LogP) is 6.10. The molecular weight excluding hydrogens is 707 g/mol. The van der Waals surface area contributed by atoms with Gasteiger partial charge in [-0.2, -0.15) is 13.2 Å². The van der Waals surface area contributed by atoms with Gasteiger partial charge in [-0.15, -0.1) is 0 Å². The van der Waals surface area contributed by atoms with Crippen LogP contribution in [0.1, 0.15) is 35.2 Å². The first-order valence-corrected chi connectivity index (χ1v) is 17.8. The van der Waals surface area contributed by atoms with Gasteiger partial charge in [-0.1, -0.05) is 47.7 Å². The van der Waals surface area contributed by atoms with Gasteiger partial charge >= 0.3 is 6.18 Å². The number of benzene rings is 2. The molecule has 4 N–H and O–H groups in total. The number of aromatic nitrogens is 2. The molecule has 0 saturated carbocycles. The number of aryl methyl sites for hydroxylation is 1. The van der Waals surface area contributed by atoms with Crippen LogP contribution in [0, 0.1) is 11.8 Å². The summed E-state index contributed by atoms with van der Waals surface area (Å²) in [4.78, 5) is 34.4. The van der Waals surface area contributed by atoms with E-state index in [0.29, 0.717) is 40.9 Å². The van der Waals surface area contributed by atoms with Crippen molar-refractivity contribution >= 4 is 45.8 Å². The largest absolute Gasteiger partial charge is 0.405 e. The number of anilines is 2. The van der Waals surface area contributed by atoms with Crippen LogP contribution >= 0.6 is 11.6 Å². The third-order valence-electron chi connectivity index (χ3n) is 9.50. The van der Waals surface area contributed by atoms with Crippen LogP contribution in [0.3, 0.4) is 0 Å². The Hall–Kier alpha value is -4.87. The number of nitrogens with two attached hydrogens (primary N) is 1. The molecule has 0 aliphatic carbocycles. The van der Waals surface area contributed by atoms with Crippen LogP contribution in [0.15, 0.2) is 60.8 Å². The number of hydrogen-bond acceptors (Lipinski definition) is 7. The first kappa shape index (κ1) is 37.9. The Balaban J connectivity index is 1.39. The summed E-state index contributed by atoms with van der Waals surface area (Å²) in [5.41, 5.74) is 11.1. The van der Waals surface area contributed by atoms with Crippen molar-refractivity contribution in [1.29, 1.82) is 0 Å². The highest BCUT2D eigenvalue weighted by molar-refractivity contribution is 6.34. The maximum absolute atomic E-state index is 12.8. The van der Waals surface area contributed by atoms with Crippen LogP contribution in [0.5, 0.6) is 0 Å². The number of nitrogens with one attached hydrogen (secondary N) is 2. The van der Waals surface area contributed by atoms with E-state index in [1.165, 1.54) is 12.1 Å². The summed E-state index contributed by atoms with van der Waals surface area (Å²) in [5.74, 6) is 5.64. The van der Waals surface area contributed by atoms with Gasteiger partial charge in [0, 0.05) is 56.3 Å². The molecule has 2 aromatic heterocycles. The van der Waals surface area contributed by atoms with E-state index in [1.54, 1.807) is 30.5 Å². The van der Waals surface area contributed by atoms with E-state index < -0.39 is 18.6 Å². The van der Waals surface area contributed by atoms with Gasteiger partial charge in [0.15, 0.2) is 0 Å². The molecule has 0 radical (unpaired) electrons. The Morgan fingerprint density at radius 3 is 2.57 bits per heavy atom. The minimum Gasteiger partial charge on any atom is -0.383 e. The van der Waals surface area contributed by atoms with Gasteiger partial charge in [0.2, 0.25) is 5.91 Å². The van der Waals surface area contributed by atoms with Crippen molar-refractivity contribution in [3.05, 3.63) is 77.0 Å². The van der Waals surface area contributed by atoms with Gasteiger partial charge in [-0.3, -0.25) is 19.4 Å². The summed E-state index contributed by atoms with van der Waals surface area (Å²) in [6, 6.07) is 12.1. The first-order chi connectivity index (χ1) is 25.4. The molecule has 10 nitrogen and oxygen atoms in total. The van der Waals surface area contributed by atoms with Gasteiger partial charge in [0.05, 0.1) is 45.9 Å². The first-order valence-electron chi connectivity index (χ1n) is 17.4. The SMILES string of the molecule is CN1CCC[C@@H]1/C=C/C(=O)Nc1ccc(-c2c(-c3ccc(C(=O)NCC(F)(F)F)c(Cl)c3)c3c(N)ncc(C#CCN4CCCOCC4)c3n2C)cc1. The van der Waals surface area contributed by atoms with Gasteiger partial charge in [-0.25, -0.2) is 4.98 Å². The fourth-order valence-electron chi connectivity index (χ4n) is 6.82. The summed E-state index contributed by atoms with van der Waals surface area (Å²) in [7, 11) is 3.93. The number of nitrogen functional groups attached to an aromatic ring is 1. The molecule has 0 unspecified atom stereocenters. The molecule has 2 fully saturated rings. The fraction of sp³-hybridized carbons (Fsp3) is 0.359. The van der Waals surface area contributed by atoms with Crippen LogP contribution < -0.4 is 16.4 Å². The average Bonchev–Trinajstić information content (AvgIpc) is 3.56. The molecule has 1 atom stereocenters. The molecule has 2 saturated heterocycles. The summed E-state index contributed by atoms with van der Waals surface area (Å²) in [6.45, 7) is 3.13. The van der Waals surface area contributed by atoms with Crippen LogP contribution in [-0.4, -0.2) is 96.4 Å². The second kappa shape index (κ2) is 16.4. The zero-order chi connectivity index (χ0) is 37.7. The molecule has 0 bridgehead atoms. The van der Waals surface area contributed by atoms with Crippen LogP contribution in [0.2, 0.25) is 5.02 Å². The molecule has 0 spiro atoms. The number of alkyl halides is 3. The van der Waals surface area contributed by atoms with Crippen molar-refractivity contribution in [1.82, 2.24) is 24.7 Å². The van der Waals surface area contributed by atoms with E-state index in [1.807, 2.05) is 42.2 Å². The van der Waals surface area contributed by atoms with E-state index in [4.69, 9.17) is 22.1 Å². The van der Waals surface area contributed by atoms with E-state index in [2.05, 4.69) is 31.9 Å². The standard InChI is InChI=1S/C39H41ClF3N7O3/c1-48-16-4-7-29(48)13-15-32(51)47-28-11-8-25(9-12-28)35-33(26-10-14-30(31(40)22-26)38(52)46-24-39(41,42)43)34-36(49(35)2)27(23-45-37(34)44)6-3-17-50-18-5-20-53-21-19-50/h8-15,22-23,29H,4-5,7,16-21,24H2,1-2H3,(H2,44,45)(H,46,52)(H,47,51)/b15-13+/t29-/m1/s1. The predicted molar refractivity (Wildman–Crippen MR) is 202 cm³/mol. The van der Waals surface area contributed by atoms with Gasteiger partial charge < -0.3 is 25.7 Å². The topological polar surface area (TPSA) is 118 Å². The molecule has 14 heteroatoms. The quantitative estimate of drug-likeness (QED) is 0.147. The molecular formula is C39H41ClF3N7O3. The number of fused-ring (bicyclic) bond motifs is 1. The number of likely N-dealkylation sites (N-methyl/N-ethyl adjacent to an activating group) is 1. The molecule has 4 aromatic rings. The maximum atomic E-state index is 12.8. The highest BCUT2D eigenvalue weighted by atomic mass is 35.5. The molecule has 6 rings (SSSR count). The molecule has 278 valence electrons. The monoisotopic (exact) mass is 747 g/mol. The Morgan fingerprint density at radius 2 is 1.85 bits per heavy atom. The molecule has 4 heterocycles. The van der Waals surface area contributed by atoms with E-state index in [0.717, 1.165) is 62.3 Å². The number of amides is 2. The van der Waals surface area contributed by atoms with E-state index >= 15 is 0 Å². The van der Waals surface area contributed by atoms with Gasteiger partial charge in [0.1, 0.15) is 12.4 Å². The molecule has 2 aromatic carbocycles. The Bertz CT molecular complexity index is 2080. The molecule has 2 aliphatic rings. The van der Waals surface area contributed by atoms with Gasteiger partial charge in [0.25, 0.3) is 5.91 Å². The Labute approximate surface area is 311 Å². The lowest BCUT2D eigenvalue weighted by Crippen LogP contribution is -2.33. The van der Waals surface area contributed by atoms with Gasteiger partial charge in [-0.05, 0) is 68.2 Å². The van der Waals surface area contributed by atoms with Crippen molar-refractivity contribution in [3.63, 3.8) is 0 Å². The van der Waals surface area contributed by atoms with Crippen molar-refractivity contribution < 1.29 is 27.5 Å². The summed E-state index contributed by atoms with van der Waals surface area (Å²) < 4.78 is 46.0. The zero-order valence-corrected chi connectivity index (χ0v) is 30.3. The number of halogens is 4. The average molecular weight is 748 g/mol. The minimum atomic E-state index is -4.58. The smallest absolute Gasteiger partial charge is 0.383 e. The molecule has 53 heavy (non-hydrogen) atoms. The number of likely N-dealkylation sites (tertiary alicyclic amines) is 1. The number of nitrogens with zero attached hydrogens (tertiary/aromatic N) is 4. The highest BCUT2D eigenvalue weighted by Gasteiger charge is 2.29. The summed E-state index contributed by atoms with van der Waals surface area (Å²) in [6.07, 6.45) is 3.61. The second-order valence-corrected chi connectivity index (χ2v) is 13.6. The summed E-state index contributed by atoms with van der Waals surface area (Å²) in [5, 5.41) is 5.36. The number of carbonyl (C=O) groups is 2. The number of pyridine rings is 1. The summed E-state index contributed by atoms with van der Waals surface area (Å²) >= 11 is 6.57. The van der Waals surface area contributed by atoms with Crippen molar-refractivity contribution in [2.24, 2.45) is 7.05 Å². The third kappa shape index (κ3) is 9.03. The lowest BCUT2D eigenvalue weighted by molar-refractivity contribution is -0.123.